The molecule has 0 spiro atoms. The molecular weight excluding hydrogens is 551 g/mol. The Hall–Kier alpha value is -4.23. The molecule has 3 aromatic rings. The minimum atomic E-state index is -4.10. The summed E-state index contributed by atoms with van der Waals surface area (Å²) in [5.41, 5.74) is 1.22. The van der Waals surface area contributed by atoms with E-state index in [1.54, 1.807) is 18.2 Å². The molecule has 0 saturated heterocycles. The van der Waals surface area contributed by atoms with Gasteiger partial charge in [0.05, 0.1) is 23.0 Å². The fraction of sp³-hybridized carbons (Fsp3) is 0.222. The van der Waals surface area contributed by atoms with Crippen molar-refractivity contribution in [3.8, 4) is 0 Å². The summed E-state index contributed by atoms with van der Waals surface area (Å²) in [6.07, 6.45) is -0.0415. The van der Waals surface area contributed by atoms with Gasteiger partial charge in [-0.15, -0.1) is 0 Å². The average molecular weight is 576 g/mol. The third kappa shape index (κ3) is 6.32. The Morgan fingerprint density at radius 3 is 2.35 bits per heavy atom. The highest BCUT2D eigenvalue weighted by atomic mass is 32.2. The summed E-state index contributed by atoms with van der Waals surface area (Å²) in [6, 6.07) is 13.1. The van der Waals surface area contributed by atoms with Gasteiger partial charge in [-0.25, -0.2) is 21.6 Å². The number of carbonyl (C=O) groups excluding carboxylic acids is 3. The Labute approximate surface area is 228 Å². The van der Waals surface area contributed by atoms with Crippen LogP contribution in [0, 0.1) is 17.5 Å². The highest BCUT2D eigenvalue weighted by molar-refractivity contribution is 7.89. The van der Waals surface area contributed by atoms with Crippen LogP contribution in [-0.4, -0.2) is 43.7 Å². The number of benzene rings is 3. The monoisotopic (exact) mass is 575 g/mol. The van der Waals surface area contributed by atoms with Gasteiger partial charge >= 0.3 is 5.97 Å². The number of sulfonamides is 1. The SMILES string of the molecule is CC(=O)Nc1ccc(S(=O)(=O)N2CCc3ccccc3C2CC(=O)OCC(=O)Nc2ccc(F)c(F)c2F)cc1. The maximum Gasteiger partial charge on any atom is 0.308 e. The standard InChI is InChI=1S/C27H24F3N3O6S/c1-16(34)31-18-6-8-19(9-7-18)40(37,38)33-13-12-17-4-2-3-5-20(17)23(33)14-25(36)39-15-24(35)32-22-11-10-21(28)26(29)27(22)30/h2-11,23H,12-15H2,1H3,(H,31,34)(H,32,35). The molecule has 13 heteroatoms. The van der Waals surface area contributed by atoms with Gasteiger partial charge in [0.25, 0.3) is 5.91 Å². The summed E-state index contributed by atoms with van der Waals surface area (Å²) in [5.74, 6) is -7.04. The number of hydrogen-bond acceptors (Lipinski definition) is 6. The van der Waals surface area contributed by atoms with Gasteiger partial charge in [0, 0.05) is 19.2 Å². The van der Waals surface area contributed by atoms with E-state index in [1.807, 2.05) is 11.4 Å². The molecule has 3 aromatic carbocycles. The van der Waals surface area contributed by atoms with Crippen molar-refractivity contribution in [1.82, 2.24) is 4.31 Å². The molecule has 1 unspecified atom stereocenters. The van der Waals surface area contributed by atoms with Crippen LogP contribution in [-0.2, 0) is 35.6 Å². The Bertz CT molecular complexity index is 1560. The third-order valence-corrected chi connectivity index (χ3v) is 8.10. The number of nitrogens with zero attached hydrogens (tertiary/aromatic N) is 1. The number of fused-ring (bicyclic) bond motifs is 1. The van der Waals surface area contributed by atoms with E-state index in [0.29, 0.717) is 23.7 Å². The van der Waals surface area contributed by atoms with Gasteiger partial charge in [0.1, 0.15) is 0 Å². The molecule has 1 aliphatic rings. The van der Waals surface area contributed by atoms with Crippen LogP contribution in [0.4, 0.5) is 24.5 Å². The second-order valence-electron chi connectivity index (χ2n) is 8.92. The first-order valence-electron chi connectivity index (χ1n) is 12.0. The Kier molecular flexibility index (Phi) is 8.55. The number of rotatable bonds is 8. The number of carbonyl (C=O) groups is 3. The van der Waals surface area contributed by atoms with Crippen molar-refractivity contribution in [3.05, 3.63) is 89.2 Å². The fourth-order valence-electron chi connectivity index (χ4n) is 4.35. The molecule has 0 bridgehead atoms. The lowest BCUT2D eigenvalue weighted by Gasteiger charge is -2.36. The zero-order chi connectivity index (χ0) is 29.0. The molecule has 0 aliphatic carbocycles. The van der Waals surface area contributed by atoms with Crippen LogP contribution in [0.5, 0.6) is 0 Å². The summed E-state index contributed by atoms with van der Waals surface area (Å²) in [7, 11) is -4.10. The van der Waals surface area contributed by atoms with E-state index in [0.717, 1.165) is 11.6 Å². The van der Waals surface area contributed by atoms with Crippen molar-refractivity contribution in [2.45, 2.75) is 30.7 Å². The highest BCUT2D eigenvalue weighted by Crippen LogP contribution is 2.36. The summed E-state index contributed by atoms with van der Waals surface area (Å²) < 4.78 is 73.7. The molecule has 0 saturated carbocycles. The van der Waals surface area contributed by atoms with E-state index >= 15 is 0 Å². The zero-order valence-electron chi connectivity index (χ0n) is 21.1. The number of anilines is 2. The molecule has 0 radical (unpaired) electrons. The van der Waals surface area contributed by atoms with Gasteiger partial charge < -0.3 is 15.4 Å². The number of esters is 1. The van der Waals surface area contributed by atoms with Crippen LogP contribution in [0.3, 0.4) is 0 Å². The zero-order valence-corrected chi connectivity index (χ0v) is 21.9. The number of hydrogen-bond donors (Lipinski definition) is 2. The van der Waals surface area contributed by atoms with Crippen LogP contribution in [0.25, 0.3) is 0 Å². The second kappa shape index (κ2) is 11.9. The largest absolute Gasteiger partial charge is 0.456 e. The van der Waals surface area contributed by atoms with Crippen LogP contribution in [0.2, 0.25) is 0 Å². The van der Waals surface area contributed by atoms with Crippen molar-refractivity contribution in [2.75, 3.05) is 23.8 Å². The van der Waals surface area contributed by atoms with Gasteiger partial charge in [-0.05, 0) is 53.9 Å². The molecule has 2 N–H and O–H groups in total. The smallest absolute Gasteiger partial charge is 0.308 e. The van der Waals surface area contributed by atoms with Crippen molar-refractivity contribution < 1.29 is 40.7 Å². The summed E-state index contributed by atoms with van der Waals surface area (Å²) in [5, 5.41) is 4.55. The summed E-state index contributed by atoms with van der Waals surface area (Å²) >= 11 is 0. The predicted molar refractivity (Wildman–Crippen MR) is 138 cm³/mol. The van der Waals surface area contributed by atoms with Gasteiger partial charge in [-0.3, -0.25) is 14.4 Å². The van der Waals surface area contributed by atoms with Crippen LogP contribution in [0.1, 0.15) is 30.5 Å². The molecule has 1 aliphatic heterocycles. The first-order chi connectivity index (χ1) is 19.0. The van der Waals surface area contributed by atoms with E-state index in [-0.39, 0.29) is 17.3 Å². The molecule has 210 valence electrons. The first-order valence-corrected chi connectivity index (χ1v) is 13.5. The first kappa shape index (κ1) is 28.8. The van der Waals surface area contributed by atoms with Crippen molar-refractivity contribution in [3.63, 3.8) is 0 Å². The molecule has 1 atom stereocenters. The average Bonchev–Trinajstić information content (AvgIpc) is 2.92. The van der Waals surface area contributed by atoms with Crippen molar-refractivity contribution in [1.29, 1.82) is 0 Å². The maximum atomic E-state index is 13.8. The highest BCUT2D eigenvalue weighted by Gasteiger charge is 2.38. The minimum absolute atomic E-state index is 0.0488. The third-order valence-electron chi connectivity index (χ3n) is 6.18. The van der Waals surface area contributed by atoms with Gasteiger partial charge in [-0.1, -0.05) is 24.3 Å². The predicted octanol–water partition coefficient (Wildman–Crippen LogP) is 3.92. The molecule has 1 heterocycles. The molecule has 2 amide bonds. The van der Waals surface area contributed by atoms with E-state index in [4.69, 9.17) is 4.74 Å². The summed E-state index contributed by atoms with van der Waals surface area (Å²) in [4.78, 5) is 36.1. The lowest BCUT2D eigenvalue weighted by atomic mass is 9.92. The maximum absolute atomic E-state index is 13.8. The lowest BCUT2D eigenvalue weighted by Crippen LogP contribution is -2.41. The van der Waals surface area contributed by atoms with Crippen molar-refractivity contribution in [2.24, 2.45) is 0 Å². The molecule has 9 nitrogen and oxygen atoms in total. The Morgan fingerprint density at radius 1 is 0.950 bits per heavy atom. The number of ether oxygens (including phenoxy) is 1. The van der Waals surface area contributed by atoms with Gasteiger partial charge in [-0.2, -0.15) is 4.31 Å². The number of halogens is 3. The van der Waals surface area contributed by atoms with Gasteiger partial charge in [0.2, 0.25) is 15.9 Å². The van der Waals surface area contributed by atoms with E-state index in [2.05, 4.69) is 5.32 Å². The molecule has 0 aromatic heterocycles. The molecule has 40 heavy (non-hydrogen) atoms. The Morgan fingerprint density at radius 2 is 1.65 bits per heavy atom. The minimum Gasteiger partial charge on any atom is -0.456 e. The van der Waals surface area contributed by atoms with Crippen LogP contribution < -0.4 is 10.6 Å². The van der Waals surface area contributed by atoms with Crippen LogP contribution >= 0.6 is 0 Å². The number of amides is 2. The van der Waals surface area contributed by atoms with Crippen LogP contribution in [0.15, 0.2) is 65.6 Å². The van der Waals surface area contributed by atoms with E-state index in [1.165, 1.54) is 35.5 Å². The normalized spacial score (nSPS) is 15.2. The van der Waals surface area contributed by atoms with E-state index < -0.39 is 64.1 Å². The second-order valence-corrected chi connectivity index (χ2v) is 10.8. The lowest BCUT2D eigenvalue weighted by molar-refractivity contribution is -0.148. The van der Waals surface area contributed by atoms with E-state index in [9.17, 15) is 36.0 Å². The Balaban J connectivity index is 1.50. The summed E-state index contributed by atoms with van der Waals surface area (Å²) in [6.45, 7) is 0.521. The van der Waals surface area contributed by atoms with Crippen molar-refractivity contribution >= 4 is 39.2 Å². The molecule has 0 fully saturated rings. The molecule has 4 rings (SSSR count). The molecular formula is C27H24F3N3O6S. The quantitative estimate of drug-likeness (QED) is 0.310. The fourth-order valence-corrected chi connectivity index (χ4v) is 5.95. The number of nitrogens with one attached hydrogen (secondary N) is 2. The topological polar surface area (TPSA) is 122 Å². The van der Waals surface area contributed by atoms with Gasteiger partial charge in [0.15, 0.2) is 24.1 Å².